The Balaban J connectivity index is 2.75. The van der Waals surface area contributed by atoms with Gasteiger partial charge in [-0.15, -0.1) is 5.10 Å². The van der Waals surface area contributed by atoms with Crippen molar-refractivity contribution < 1.29 is 4.79 Å². The lowest BCUT2D eigenvalue weighted by atomic mass is 10.0. The van der Waals surface area contributed by atoms with Crippen molar-refractivity contribution in [2.24, 2.45) is 5.73 Å². The molecule has 0 radical (unpaired) electrons. The molecule has 6 nitrogen and oxygen atoms in total. The van der Waals surface area contributed by atoms with Crippen molar-refractivity contribution in [3.05, 3.63) is 11.9 Å². The van der Waals surface area contributed by atoms with E-state index in [2.05, 4.69) is 15.6 Å². The van der Waals surface area contributed by atoms with Crippen molar-refractivity contribution in [1.82, 2.24) is 20.3 Å². The summed E-state index contributed by atoms with van der Waals surface area (Å²) in [6.45, 7) is 9.50. The molecule has 1 rings (SSSR count). The number of hydrogen-bond donors (Lipinski definition) is 2. The number of amides is 1. The van der Waals surface area contributed by atoms with Crippen molar-refractivity contribution in [3.8, 4) is 0 Å². The first-order valence-corrected chi connectivity index (χ1v) is 6.27. The Hall–Kier alpha value is -1.43. The molecule has 0 bridgehead atoms. The molecule has 18 heavy (non-hydrogen) atoms. The zero-order valence-electron chi connectivity index (χ0n) is 11.8. The number of nitrogens with zero attached hydrogens (tertiary/aromatic N) is 3. The van der Waals surface area contributed by atoms with E-state index < -0.39 is 5.54 Å². The molecule has 1 aromatic rings. The first-order chi connectivity index (χ1) is 8.25. The minimum atomic E-state index is -0.550. The zero-order valence-corrected chi connectivity index (χ0v) is 11.8. The Bertz CT molecular complexity index is 407. The summed E-state index contributed by atoms with van der Waals surface area (Å²) in [7, 11) is 0. The van der Waals surface area contributed by atoms with Crippen LogP contribution in [0.2, 0.25) is 0 Å². The molecule has 0 saturated carbocycles. The van der Waals surface area contributed by atoms with Gasteiger partial charge in [0.05, 0.1) is 11.7 Å². The average Bonchev–Trinajstić information content (AvgIpc) is 2.76. The van der Waals surface area contributed by atoms with Crippen LogP contribution < -0.4 is 11.1 Å². The van der Waals surface area contributed by atoms with Crippen LogP contribution in [0.5, 0.6) is 0 Å². The number of aromatic nitrogens is 3. The van der Waals surface area contributed by atoms with Crippen LogP contribution in [-0.4, -0.2) is 26.9 Å². The van der Waals surface area contributed by atoms with Gasteiger partial charge in [-0.25, -0.2) is 4.68 Å². The van der Waals surface area contributed by atoms with E-state index in [1.165, 1.54) is 0 Å². The highest BCUT2D eigenvalue weighted by atomic mass is 16.2. The van der Waals surface area contributed by atoms with Crippen LogP contribution in [0.25, 0.3) is 0 Å². The molecule has 0 aliphatic rings. The molecule has 1 amide bonds. The summed E-state index contributed by atoms with van der Waals surface area (Å²) in [4.78, 5) is 11.9. The smallest absolute Gasteiger partial charge is 0.244 e. The second-order valence-corrected chi connectivity index (χ2v) is 5.30. The molecule has 6 heteroatoms. The van der Waals surface area contributed by atoms with Gasteiger partial charge < -0.3 is 11.1 Å². The molecular formula is C12H23N5O. The average molecular weight is 253 g/mol. The van der Waals surface area contributed by atoms with Crippen LogP contribution in [-0.2, 0) is 10.3 Å². The van der Waals surface area contributed by atoms with Crippen LogP contribution in [0.15, 0.2) is 6.20 Å². The van der Waals surface area contributed by atoms with Gasteiger partial charge in [0, 0.05) is 6.04 Å². The van der Waals surface area contributed by atoms with Gasteiger partial charge in [0.2, 0.25) is 5.91 Å². The molecule has 0 aromatic carbocycles. The van der Waals surface area contributed by atoms with E-state index in [-0.39, 0.29) is 18.0 Å². The van der Waals surface area contributed by atoms with Crippen molar-refractivity contribution in [2.45, 2.75) is 58.7 Å². The van der Waals surface area contributed by atoms with E-state index in [9.17, 15) is 4.79 Å². The van der Waals surface area contributed by atoms with Gasteiger partial charge in [-0.1, -0.05) is 12.1 Å². The summed E-state index contributed by atoms with van der Waals surface area (Å²) in [5, 5.41) is 10.9. The van der Waals surface area contributed by atoms with Gasteiger partial charge in [-0.3, -0.25) is 4.79 Å². The number of rotatable bonds is 5. The normalized spacial score (nSPS) is 15.2. The summed E-state index contributed by atoms with van der Waals surface area (Å²) in [6, 6.07) is -0.225. The Morgan fingerprint density at radius 1 is 1.56 bits per heavy atom. The van der Waals surface area contributed by atoms with Crippen LogP contribution in [0.1, 0.15) is 52.8 Å². The molecular weight excluding hydrogens is 230 g/mol. The lowest BCUT2D eigenvalue weighted by molar-refractivity contribution is -0.124. The Kier molecular flexibility index (Phi) is 4.45. The third kappa shape index (κ3) is 3.53. The fourth-order valence-corrected chi connectivity index (χ4v) is 1.35. The first kappa shape index (κ1) is 14.6. The van der Waals surface area contributed by atoms with Crippen molar-refractivity contribution in [2.75, 3.05) is 0 Å². The monoisotopic (exact) mass is 253 g/mol. The van der Waals surface area contributed by atoms with Crippen LogP contribution in [0, 0.1) is 0 Å². The van der Waals surface area contributed by atoms with Crippen molar-refractivity contribution >= 4 is 5.91 Å². The van der Waals surface area contributed by atoms with Gasteiger partial charge in [0.25, 0.3) is 0 Å². The zero-order chi connectivity index (χ0) is 13.9. The van der Waals surface area contributed by atoms with Gasteiger partial charge in [-0.05, 0) is 34.1 Å². The van der Waals surface area contributed by atoms with E-state index in [1.54, 1.807) is 17.8 Å². The lowest BCUT2D eigenvalue weighted by Crippen LogP contribution is -2.37. The quantitative estimate of drug-likeness (QED) is 0.818. The number of carbonyl (C=O) groups excluding carboxylic acids is 1. The maximum absolute atomic E-state index is 11.9. The minimum Gasteiger partial charge on any atom is -0.352 e. The summed E-state index contributed by atoms with van der Waals surface area (Å²) in [5.74, 6) is -0.0596. The van der Waals surface area contributed by atoms with E-state index in [4.69, 9.17) is 5.73 Å². The standard InChI is InChI=1S/C12H23N5O/c1-6-8(2)14-11(18)9(3)17-7-10(15-16-17)12(4,5)13/h7-9H,6,13H2,1-5H3,(H,14,18). The predicted octanol–water partition coefficient (Wildman–Crippen LogP) is 0.948. The SMILES string of the molecule is CCC(C)NC(=O)C(C)n1cc(C(C)(C)N)nn1. The number of hydrogen-bond acceptors (Lipinski definition) is 4. The molecule has 3 N–H and O–H groups in total. The van der Waals surface area contributed by atoms with E-state index >= 15 is 0 Å². The van der Waals surface area contributed by atoms with Gasteiger partial charge in [-0.2, -0.15) is 0 Å². The maximum atomic E-state index is 11.9. The van der Waals surface area contributed by atoms with Crippen LogP contribution in [0.4, 0.5) is 0 Å². The fourth-order valence-electron chi connectivity index (χ4n) is 1.35. The highest BCUT2D eigenvalue weighted by Gasteiger charge is 2.22. The van der Waals surface area contributed by atoms with Crippen LogP contribution >= 0.6 is 0 Å². The number of nitrogens with one attached hydrogen (secondary N) is 1. The molecule has 0 saturated heterocycles. The Labute approximate surface area is 108 Å². The summed E-state index contributed by atoms with van der Waals surface area (Å²) < 4.78 is 1.54. The second kappa shape index (κ2) is 5.48. The fraction of sp³-hybridized carbons (Fsp3) is 0.750. The molecule has 2 unspecified atom stereocenters. The molecule has 0 aliphatic carbocycles. The summed E-state index contributed by atoms with van der Waals surface area (Å²) in [6.07, 6.45) is 2.62. The molecule has 1 aromatic heterocycles. The van der Waals surface area contributed by atoms with Crippen LogP contribution in [0.3, 0.4) is 0 Å². The molecule has 102 valence electrons. The van der Waals surface area contributed by atoms with Gasteiger partial charge in [0.15, 0.2) is 0 Å². The van der Waals surface area contributed by atoms with E-state index in [0.717, 1.165) is 6.42 Å². The van der Waals surface area contributed by atoms with Crippen molar-refractivity contribution in [3.63, 3.8) is 0 Å². The third-order valence-electron chi connectivity index (χ3n) is 2.95. The minimum absolute atomic E-state index is 0.0596. The highest BCUT2D eigenvalue weighted by Crippen LogP contribution is 2.14. The largest absolute Gasteiger partial charge is 0.352 e. The van der Waals surface area contributed by atoms with Crippen molar-refractivity contribution in [1.29, 1.82) is 0 Å². The number of nitrogens with two attached hydrogens (primary N) is 1. The van der Waals surface area contributed by atoms with E-state index in [0.29, 0.717) is 5.69 Å². The maximum Gasteiger partial charge on any atom is 0.244 e. The molecule has 1 heterocycles. The highest BCUT2D eigenvalue weighted by molar-refractivity contribution is 5.79. The summed E-state index contributed by atoms with van der Waals surface area (Å²) in [5.41, 5.74) is 6.05. The van der Waals surface area contributed by atoms with Gasteiger partial charge in [0.1, 0.15) is 11.7 Å². The predicted molar refractivity (Wildman–Crippen MR) is 69.8 cm³/mol. The Morgan fingerprint density at radius 2 is 2.17 bits per heavy atom. The summed E-state index contributed by atoms with van der Waals surface area (Å²) >= 11 is 0. The molecule has 2 atom stereocenters. The molecule has 0 spiro atoms. The lowest BCUT2D eigenvalue weighted by Gasteiger charge is -2.16. The van der Waals surface area contributed by atoms with E-state index in [1.807, 2.05) is 27.7 Å². The second-order valence-electron chi connectivity index (χ2n) is 5.30. The Morgan fingerprint density at radius 3 is 2.61 bits per heavy atom. The number of carbonyl (C=O) groups is 1. The first-order valence-electron chi connectivity index (χ1n) is 6.27. The van der Waals surface area contributed by atoms with Gasteiger partial charge >= 0.3 is 0 Å². The third-order valence-corrected chi connectivity index (χ3v) is 2.95. The molecule has 0 fully saturated rings. The topological polar surface area (TPSA) is 85.8 Å². The molecule has 0 aliphatic heterocycles.